The molecule has 1 fully saturated rings. The third-order valence-electron chi connectivity index (χ3n) is 4.78. The van der Waals surface area contributed by atoms with E-state index in [2.05, 4.69) is 5.16 Å². The predicted octanol–water partition coefficient (Wildman–Crippen LogP) is 1.50. The molecule has 2 amide bonds. The largest absolute Gasteiger partial charge is 0.493 e. The first kappa shape index (κ1) is 19.8. The highest BCUT2D eigenvalue weighted by Crippen LogP contribution is 2.29. The SMILES string of the molecule is CCOC(=O)N1CCN(C(=O)[C@H]2CC(c3ccc(OC)c(OC)c3)=NO2)CC1. The molecular weight excluding hydrogens is 366 g/mol. The lowest BCUT2D eigenvalue weighted by Crippen LogP contribution is -2.53. The number of oxime groups is 1. The monoisotopic (exact) mass is 391 g/mol. The van der Waals surface area contributed by atoms with Crippen LogP contribution in [0.3, 0.4) is 0 Å². The Morgan fingerprint density at radius 3 is 2.43 bits per heavy atom. The van der Waals surface area contributed by atoms with E-state index in [9.17, 15) is 9.59 Å². The zero-order valence-electron chi connectivity index (χ0n) is 16.3. The van der Waals surface area contributed by atoms with Gasteiger partial charge >= 0.3 is 6.09 Å². The van der Waals surface area contributed by atoms with Gasteiger partial charge in [0.1, 0.15) is 0 Å². The van der Waals surface area contributed by atoms with Gasteiger partial charge in [0.15, 0.2) is 11.5 Å². The Hall–Kier alpha value is -2.97. The molecule has 1 aromatic rings. The van der Waals surface area contributed by atoms with E-state index in [1.54, 1.807) is 37.0 Å². The minimum Gasteiger partial charge on any atom is -0.493 e. The molecule has 3 rings (SSSR count). The van der Waals surface area contributed by atoms with Crippen molar-refractivity contribution < 1.29 is 28.6 Å². The molecular formula is C19H25N3O6. The summed E-state index contributed by atoms with van der Waals surface area (Å²) in [6.45, 7) is 3.89. The molecule has 1 saturated heterocycles. The van der Waals surface area contributed by atoms with E-state index in [1.807, 2.05) is 12.1 Å². The van der Waals surface area contributed by atoms with E-state index in [4.69, 9.17) is 19.0 Å². The molecule has 9 nitrogen and oxygen atoms in total. The fourth-order valence-electron chi connectivity index (χ4n) is 3.22. The summed E-state index contributed by atoms with van der Waals surface area (Å²) >= 11 is 0. The van der Waals surface area contributed by atoms with Crippen molar-refractivity contribution >= 4 is 17.7 Å². The molecule has 0 unspecified atom stereocenters. The summed E-state index contributed by atoms with van der Waals surface area (Å²) in [5.74, 6) is 1.09. The second-order valence-electron chi connectivity index (χ2n) is 6.42. The number of carbonyl (C=O) groups is 2. The van der Waals surface area contributed by atoms with Gasteiger partial charge < -0.3 is 28.8 Å². The quantitative estimate of drug-likeness (QED) is 0.756. The highest BCUT2D eigenvalue weighted by atomic mass is 16.6. The van der Waals surface area contributed by atoms with Crippen LogP contribution in [0.2, 0.25) is 0 Å². The van der Waals surface area contributed by atoms with Crippen molar-refractivity contribution in [3.63, 3.8) is 0 Å². The molecule has 0 spiro atoms. The van der Waals surface area contributed by atoms with Crippen molar-refractivity contribution in [3.8, 4) is 11.5 Å². The molecule has 9 heteroatoms. The van der Waals surface area contributed by atoms with Crippen LogP contribution in [0, 0.1) is 0 Å². The van der Waals surface area contributed by atoms with E-state index >= 15 is 0 Å². The number of amides is 2. The first-order valence-corrected chi connectivity index (χ1v) is 9.23. The maximum Gasteiger partial charge on any atom is 0.409 e. The van der Waals surface area contributed by atoms with Crippen LogP contribution in [0.5, 0.6) is 11.5 Å². The van der Waals surface area contributed by atoms with Crippen LogP contribution in [-0.4, -0.2) is 80.6 Å². The van der Waals surface area contributed by atoms with Crippen LogP contribution in [0.25, 0.3) is 0 Å². The van der Waals surface area contributed by atoms with E-state index in [0.29, 0.717) is 56.4 Å². The van der Waals surface area contributed by atoms with E-state index in [1.165, 1.54) is 0 Å². The fourth-order valence-corrected chi connectivity index (χ4v) is 3.22. The molecule has 0 radical (unpaired) electrons. The number of hydrogen-bond acceptors (Lipinski definition) is 7. The van der Waals surface area contributed by atoms with Crippen molar-refractivity contribution in [2.75, 3.05) is 47.0 Å². The van der Waals surface area contributed by atoms with Crippen molar-refractivity contribution in [1.29, 1.82) is 0 Å². The molecule has 0 aliphatic carbocycles. The Labute approximate surface area is 163 Å². The Balaban J connectivity index is 1.56. The van der Waals surface area contributed by atoms with Crippen molar-refractivity contribution in [2.45, 2.75) is 19.4 Å². The predicted molar refractivity (Wildman–Crippen MR) is 101 cm³/mol. The van der Waals surface area contributed by atoms with Crippen molar-refractivity contribution in [3.05, 3.63) is 23.8 Å². The standard InChI is InChI=1S/C19H25N3O6/c1-4-27-19(24)22-9-7-21(8-10-22)18(23)17-12-14(20-28-17)13-5-6-15(25-2)16(11-13)26-3/h5-6,11,17H,4,7-10,12H2,1-3H3/t17-/m1/s1. The summed E-state index contributed by atoms with van der Waals surface area (Å²) in [7, 11) is 3.14. The van der Waals surface area contributed by atoms with Crippen LogP contribution in [0.15, 0.2) is 23.4 Å². The van der Waals surface area contributed by atoms with E-state index in [0.717, 1.165) is 5.56 Å². The van der Waals surface area contributed by atoms with Crippen LogP contribution in [0.4, 0.5) is 4.79 Å². The number of nitrogens with zero attached hydrogens (tertiary/aromatic N) is 3. The third-order valence-corrected chi connectivity index (χ3v) is 4.78. The molecule has 2 aliphatic rings. The average Bonchev–Trinajstić information content (AvgIpc) is 3.23. The Bertz CT molecular complexity index is 758. The van der Waals surface area contributed by atoms with Gasteiger partial charge in [0.2, 0.25) is 6.10 Å². The van der Waals surface area contributed by atoms with Gasteiger partial charge in [-0.1, -0.05) is 5.16 Å². The minimum atomic E-state index is -0.655. The normalized spacial score (nSPS) is 19.0. The highest BCUT2D eigenvalue weighted by molar-refractivity contribution is 6.04. The Morgan fingerprint density at radius 2 is 1.79 bits per heavy atom. The molecule has 1 aromatic carbocycles. The van der Waals surface area contributed by atoms with E-state index < -0.39 is 6.10 Å². The molecule has 0 N–H and O–H groups in total. The minimum absolute atomic E-state index is 0.122. The van der Waals surface area contributed by atoms with Gasteiger partial charge in [-0.05, 0) is 25.1 Å². The topological polar surface area (TPSA) is 89.9 Å². The smallest absolute Gasteiger partial charge is 0.409 e. The summed E-state index contributed by atoms with van der Waals surface area (Å²) in [6.07, 6.45) is -0.616. The molecule has 0 saturated carbocycles. The molecule has 1 atom stereocenters. The zero-order valence-corrected chi connectivity index (χ0v) is 16.3. The molecule has 28 heavy (non-hydrogen) atoms. The van der Waals surface area contributed by atoms with Crippen LogP contribution < -0.4 is 9.47 Å². The Morgan fingerprint density at radius 1 is 1.11 bits per heavy atom. The van der Waals surface area contributed by atoms with Gasteiger partial charge in [-0.25, -0.2) is 4.79 Å². The Kier molecular flexibility index (Phi) is 6.23. The lowest BCUT2D eigenvalue weighted by Gasteiger charge is -2.34. The molecule has 0 aromatic heterocycles. The summed E-state index contributed by atoms with van der Waals surface area (Å²) in [6, 6.07) is 5.46. The van der Waals surface area contributed by atoms with Gasteiger partial charge in [0.25, 0.3) is 5.91 Å². The number of ether oxygens (including phenoxy) is 3. The number of methoxy groups -OCH3 is 2. The second kappa shape index (κ2) is 8.81. The van der Waals surface area contributed by atoms with Gasteiger partial charge in [0.05, 0.1) is 26.5 Å². The van der Waals surface area contributed by atoms with Crippen LogP contribution in [0.1, 0.15) is 18.9 Å². The number of rotatable bonds is 5. The highest BCUT2D eigenvalue weighted by Gasteiger charge is 2.34. The molecule has 2 heterocycles. The number of benzene rings is 1. The average molecular weight is 391 g/mol. The summed E-state index contributed by atoms with van der Waals surface area (Å²) in [5, 5.41) is 4.09. The second-order valence-corrected chi connectivity index (χ2v) is 6.42. The first-order chi connectivity index (χ1) is 13.6. The fraction of sp³-hybridized carbons (Fsp3) is 0.526. The molecule has 152 valence electrons. The molecule has 0 bridgehead atoms. The van der Waals surface area contributed by atoms with Gasteiger partial charge in [-0.2, -0.15) is 0 Å². The number of carbonyl (C=O) groups excluding carboxylic acids is 2. The third kappa shape index (κ3) is 4.13. The summed E-state index contributed by atoms with van der Waals surface area (Å²) < 4.78 is 15.6. The van der Waals surface area contributed by atoms with Crippen LogP contribution >= 0.6 is 0 Å². The molecule has 2 aliphatic heterocycles. The lowest BCUT2D eigenvalue weighted by molar-refractivity contribution is -0.143. The summed E-state index contributed by atoms with van der Waals surface area (Å²) in [5.41, 5.74) is 1.50. The number of hydrogen-bond donors (Lipinski definition) is 0. The first-order valence-electron chi connectivity index (χ1n) is 9.23. The van der Waals surface area contributed by atoms with Crippen molar-refractivity contribution in [1.82, 2.24) is 9.80 Å². The van der Waals surface area contributed by atoms with Crippen molar-refractivity contribution in [2.24, 2.45) is 5.16 Å². The van der Waals surface area contributed by atoms with E-state index in [-0.39, 0.29) is 12.0 Å². The maximum atomic E-state index is 12.8. The lowest BCUT2D eigenvalue weighted by atomic mass is 10.0. The maximum absolute atomic E-state index is 12.8. The van der Waals surface area contributed by atoms with Gasteiger partial charge in [-0.15, -0.1) is 0 Å². The van der Waals surface area contributed by atoms with Gasteiger partial charge in [-0.3, -0.25) is 4.79 Å². The summed E-state index contributed by atoms with van der Waals surface area (Å²) in [4.78, 5) is 33.2. The van der Waals surface area contributed by atoms with Gasteiger partial charge in [0, 0.05) is 38.2 Å². The van der Waals surface area contributed by atoms with Crippen LogP contribution in [-0.2, 0) is 14.4 Å². The number of piperazine rings is 1. The zero-order chi connectivity index (χ0) is 20.1.